The van der Waals surface area contributed by atoms with Crippen LogP contribution in [-0.2, 0) is 19.3 Å². The van der Waals surface area contributed by atoms with Gasteiger partial charge in [-0.1, -0.05) is 0 Å². The van der Waals surface area contributed by atoms with Crippen LogP contribution in [0.4, 0.5) is 4.39 Å². The third kappa shape index (κ3) is 2.58. The molecule has 1 heterocycles. The third-order valence-electron chi connectivity index (χ3n) is 3.33. The van der Waals surface area contributed by atoms with Crippen LogP contribution in [0.5, 0.6) is 0 Å². The van der Waals surface area contributed by atoms with Crippen molar-refractivity contribution in [3.63, 3.8) is 0 Å². The molecule has 0 aromatic carbocycles. The quantitative estimate of drug-likeness (QED) is 0.354. The molecule has 4 nitrogen and oxygen atoms in total. The topological polar surface area (TPSA) is 63.6 Å². The van der Waals surface area contributed by atoms with Crippen LogP contribution in [-0.4, -0.2) is 4.98 Å². The molecule has 0 amide bonds. The molecule has 0 radical (unpaired) electrons. The fourth-order valence-corrected chi connectivity index (χ4v) is 2.36. The molecule has 0 saturated heterocycles. The van der Waals surface area contributed by atoms with Gasteiger partial charge in [0.1, 0.15) is 5.69 Å². The number of aromatic nitrogens is 2. The summed E-state index contributed by atoms with van der Waals surface area (Å²) in [6.07, 6.45) is 5.44. The van der Waals surface area contributed by atoms with Gasteiger partial charge in [-0.3, -0.25) is 0 Å². The lowest BCUT2D eigenvalue weighted by molar-refractivity contribution is -0.627. The summed E-state index contributed by atoms with van der Waals surface area (Å²) in [5.41, 5.74) is 1.06. The van der Waals surface area contributed by atoms with Crippen molar-refractivity contribution in [2.75, 3.05) is 0 Å². The summed E-state index contributed by atoms with van der Waals surface area (Å²) in [7, 11) is 0. The number of nitrogens with zero attached hydrogens (tertiary/aromatic N) is 3. The molecule has 0 bridgehead atoms. The molecule has 0 aliphatic heterocycles. The lowest BCUT2D eigenvalue weighted by atomic mass is 9.97. The summed E-state index contributed by atoms with van der Waals surface area (Å²) < 4.78 is 14.6. The van der Waals surface area contributed by atoms with Gasteiger partial charge in [-0.15, -0.1) is 0 Å². The van der Waals surface area contributed by atoms with Crippen molar-refractivity contribution >= 4 is 0 Å². The van der Waals surface area contributed by atoms with Crippen LogP contribution in [0.25, 0.3) is 0 Å². The molecule has 0 fully saturated rings. The summed E-state index contributed by atoms with van der Waals surface area (Å²) in [5, 5.41) is 20.5. The first kappa shape index (κ1) is 12.7. The number of hydrogen-bond acceptors (Lipinski definition) is 3. The van der Waals surface area contributed by atoms with E-state index in [4.69, 9.17) is 5.26 Å². The molecule has 0 spiro atoms. The highest BCUT2D eigenvalue weighted by Gasteiger charge is 2.25. The average molecular weight is 249 g/mol. The Kier molecular flexibility index (Phi) is 4.08. The van der Waals surface area contributed by atoms with Crippen LogP contribution in [0, 0.1) is 22.5 Å². The van der Waals surface area contributed by atoms with Gasteiger partial charge >= 0.3 is 11.8 Å². The van der Waals surface area contributed by atoms with Crippen molar-refractivity contribution < 1.29 is 9.12 Å². The van der Waals surface area contributed by atoms with E-state index >= 15 is 0 Å². The molecule has 1 aliphatic rings. The standard InChI is InChI=1S/C13H16FN3O/c14-13-10-6-3-4-7-11(10)17(18)12(16-13)8-2-1-5-9-15/h1-8H2. The molecule has 0 N–H and O–H groups in total. The number of aryl methyl sites for hydroxylation is 1. The van der Waals surface area contributed by atoms with Gasteiger partial charge in [0.05, 0.1) is 18.1 Å². The van der Waals surface area contributed by atoms with Crippen LogP contribution >= 0.6 is 0 Å². The molecule has 96 valence electrons. The van der Waals surface area contributed by atoms with Gasteiger partial charge in [-0.25, -0.2) is 4.73 Å². The van der Waals surface area contributed by atoms with Crippen molar-refractivity contribution in [3.8, 4) is 6.07 Å². The number of hydrogen-bond donors (Lipinski definition) is 0. The van der Waals surface area contributed by atoms with Crippen LogP contribution in [0.1, 0.15) is 49.2 Å². The van der Waals surface area contributed by atoms with Crippen LogP contribution in [0.3, 0.4) is 0 Å². The Bertz CT molecular complexity index is 482. The van der Waals surface area contributed by atoms with Crippen LogP contribution in [0.15, 0.2) is 0 Å². The normalized spacial score (nSPS) is 14.0. The summed E-state index contributed by atoms with van der Waals surface area (Å²) >= 11 is 0. The third-order valence-corrected chi connectivity index (χ3v) is 3.33. The van der Waals surface area contributed by atoms with E-state index in [-0.39, 0.29) is 5.82 Å². The molecule has 0 saturated carbocycles. The van der Waals surface area contributed by atoms with E-state index in [1.165, 1.54) is 0 Å². The highest BCUT2D eigenvalue weighted by Crippen LogP contribution is 2.20. The monoisotopic (exact) mass is 249 g/mol. The Balaban J connectivity index is 2.16. The zero-order valence-electron chi connectivity index (χ0n) is 10.3. The van der Waals surface area contributed by atoms with Crippen molar-refractivity contribution in [1.29, 1.82) is 5.26 Å². The summed E-state index contributed by atoms with van der Waals surface area (Å²) in [4.78, 5) is 3.78. The first-order chi connectivity index (χ1) is 8.74. The van der Waals surface area contributed by atoms with Gasteiger partial charge in [0.2, 0.25) is 0 Å². The van der Waals surface area contributed by atoms with E-state index < -0.39 is 5.95 Å². The maximum absolute atomic E-state index is 13.8. The molecule has 0 unspecified atom stereocenters. The van der Waals surface area contributed by atoms with Crippen LogP contribution < -0.4 is 4.73 Å². The van der Waals surface area contributed by atoms with Crippen molar-refractivity contribution in [2.24, 2.45) is 0 Å². The SMILES string of the molecule is N#CCCCCc1nc(F)c2c([n+]1[O-])CCCC2. The Labute approximate surface area is 106 Å². The largest absolute Gasteiger partial charge is 0.711 e. The van der Waals surface area contributed by atoms with Crippen molar-refractivity contribution in [3.05, 3.63) is 28.2 Å². The van der Waals surface area contributed by atoms with Gasteiger partial charge in [-0.05, 0) is 37.1 Å². The van der Waals surface area contributed by atoms with E-state index in [1.807, 2.05) is 0 Å². The molecule has 1 aromatic heterocycles. The first-order valence-corrected chi connectivity index (χ1v) is 6.40. The predicted molar refractivity (Wildman–Crippen MR) is 63.0 cm³/mol. The molecule has 2 rings (SSSR count). The number of rotatable bonds is 4. The summed E-state index contributed by atoms with van der Waals surface area (Å²) in [6, 6.07) is 2.05. The molecular weight excluding hydrogens is 233 g/mol. The van der Waals surface area contributed by atoms with Gasteiger partial charge < -0.3 is 5.21 Å². The number of unbranched alkanes of at least 4 members (excludes halogenated alkanes) is 2. The minimum Gasteiger partial charge on any atom is -0.711 e. The highest BCUT2D eigenvalue weighted by molar-refractivity contribution is 5.18. The molecule has 1 aliphatic carbocycles. The van der Waals surface area contributed by atoms with E-state index in [1.54, 1.807) is 0 Å². The van der Waals surface area contributed by atoms with Gasteiger partial charge in [0, 0.05) is 12.8 Å². The maximum Gasteiger partial charge on any atom is 0.328 e. The highest BCUT2D eigenvalue weighted by atomic mass is 19.1. The lowest BCUT2D eigenvalue weighted by Crippen LogP contribution is -2.41. The number of halogens is 1. The second-order valence-corrected chi connectivity index (χ2v) is 4.61. The van der Waals surface area contributed by atoms with E-state index in [0.29, 0.717) is 43.4 Å². The Morgan fingerprint density at radius 2 is 2.11 bits per heavy atom. The molecule has 5 heteroatoms. The summed E-state index contributed by atoms with van der Waals surface area (Å²) in [6.45, 7) is 0. The minimum absolute atomic E-state index is 0.256. The molecular formula is C13H16FN3O. The predicted octanol–water partition coefficient (Wildman–Crippen LogP) is 1.97. The Morgan fingerprint density at radius 1 is 1.33 bits per heavy atom. The molecule has 0 atom stereocenters. The maximum atomic E-state index is 13.8. The van der Waals surface area contributed by atoms with Gasteiger partial charge in [0.15, 0.2) is 0 Å². The minimum atomic E-state index is -0.480. The van der Waals surface area contributed by atoms with E-state index in [9.17, 15) is 9.60 Å². The fourth-order valence-electron chi connectivity index (χ4n) is 2.36. The fraction of sp³-hybridized carbons (Fsp3) is 0.615. The second-order valence-electron chi connectivity index (χ2n) is 4.61. The van der Waals surface area contributed by atoms with Crippen molar-refractivity contribution in [2.45, 2.75) is 51.4 Å². The van der Waals surface area contributed by atoms with Crippen LogP contribution in [0.2, 0.25) is 0 Å². The summed E-state index contributed by atoms with van der Waals surface area (Å²) in [5.74, 6) is -0.224. The Morgan fingerprint density at radius 3 is 2.89 bits per heavy atom. The number of fused-ring (bicyclic) bond motifs is 1. The second kappa shape index (κ2) is 5.76. The smallest absolute Gasteiger partial charge is 0.328 e. The average Bonchev–Trinajstić information content (AvgIpc) is 2.40. The van der Waals surface area contributed by atoms with E-state index in [2.05, 4.69) is 11.1 Å². The zero-order valence-corrected chi connectivity index (χ0v) is 10.3. The van der Waals surface area contributed by atoms with Gasteiger partial charge in [0.25, 0.3) is 0 Å². The Hall–Kier alpha value is -1.70. The molecule has 18 heavy (non-hydrogen) atoms. The lowest BCUT2D eigenvalue weighted by Gasteiger charge is -2.19. The van der Waals surface area contributed by atoms with Crippen molar-refractivity contribution in [1.82, 2.24) is 4.98 Å². The van der Waals surface area contributed by atoms with Gasteiger partial charge in [-0.2, -0.15) is 9.65 Å². The first-order valence-electron chi connectivity index (χ1n) is 6.40. The number of nitriles is 1. The zero-order chi connectivity index (χ0) is 13.0. The van der Waals surface area contributed by atoms with E-state index in [0.717, 1.165) is 24.0 Å². The molecule has 1 aromatic rings.